The van der Waals surface area contributed by atoms with Crippen molar-refractivity contribution >= 4 is 22.2 Å². The van der Waals surface area contributed by atoms with E-state index in [4.69, 9.17) is 34.9 Å². The van der Waals surface area contributed by atoms with Crippen LogP contribution in [0, 0.1) is 17.2 Å². The maximum Gasteiger partial charge on any atom is 0.219 e. The van der Waals surface area contributed by atoms with E-state index >= 15 is 0 Å². The van der Waals surface area contributed by atoms with E-state index in [9.17, 15) is 5.26 Å². The lowest BCUT2D eigenvalue weighted by Gasteiger charge is -2.45. The molecule has 0 bridgehead atoms. The summed E-state index contributed by atoms with van der Waals surface area (Å²) in [6.07, 6.45) is 8.65. The average molecular weight is 647 g/mol. The molecule has 11 nitrogen and oxygen atoms in total. The van der Waals surface area contributed by atoms with Crippen LogP contribution in [0.1, 0.15) is 86.1 Å². The van der Waals surface area contributed by atoms with Gasteiger partial charge in [0.15, 0.2) is 0 Å². The zero-order chi connectivity index (χ0) is 31.9. The molecule has 5 heterocycles. The fraction of sp³-hybridized carbons (Fsp3) is 0.647. The van der Waals surface area contributed by atoms with Gasteiger partial charge in [0.05, 0.1) is 23.4 Å². The Bertz CT molecular complexity index is 1600. The minimum atomic E-state index is -0.375. The van der Waals surface area contributed by atoms with Gasteiger partial charge < -0.3 is 35.3 Å². The molecule has 4 N–H and O–H groups in total. The molecule has 2 aliphatic heterocycles. The van der Waals surface area contributed by atoms with E-state index in [-0.39, 0.29) is 17.1 Å². The Morgan fingerprint density at radius 1 is 1.24 bits per heavy atom. The Hall–Kier alpha value is -3.24. The van der Waals surface area contributed by atoms with Crippen LogP contribution in [-0.2, 0) is 23.0 Å². The van der Waals surface area contributed by atoms with Gasteiger partial charge in [-0.3, -0.25) is 0 Å². The predicted octanol–water partition coefficient (Wildman–Crippen LogP) is 4.58. The normalized spacial score (nSPS) is 25.3. The van der Waals surface area contributed by atoms with Gasteiger partial charge in [0, 0.05) is 48.2 Å². The molecule has 46 heavy (non-hydrogen) atoms. The second-order valence-corrected chi connectivity index (χ2v) is 14.8. The molecule has 0 amide bonds. The summed E-state index contributed by atoms with van der Waals surface area (Å²) in [5.74, 6) is 2.84. The number of thiophene rings is 1. The highest BCUT2D eigenvalue weighted by atomic mass is 32.1. The van der Waals surface area contributed by atoms with E-state index in [2.05, 4.69) is 35.5 Å². The van der Waals surface area contributed by atoms with Crippen molar-refractivity contribution in [2.75, 3.05) is 57.1 Å². The number of nitrogen functional groups attached to an aromatic ring is 1. The molecule has 2 saturated heterocycles. The van der Waals surface area contributed by atoms with Gasteiger partial charge in [-0.25, -0.2) is 4.98 Å². The quantitative estimate of drug-likeness (QED) is 0.281. The summed E-state index contributed by atoms with van der Waals surface area (Å²) >= 11 is 1.56. The maximum absolute atomic E-state index is 10.1. The second kappa shape index (κ2) is 12.8. The molecular weight excluding hydrogens is 600 g/mol. The van der Waals surface area contributed by atoms with Gasteiger partial charge in [0.25, 0.3) is 0 Å². The summed E-state index contributed by atoms with van der Waals surface area (Å²) < 4.78 is 18.8. The topological polar surface area (TPSA) is 147 Å². The van der Waals surface area contributed by atoms with Gasteiger partial charge in [-0.05, 0) is 89.8 Å². The fourth-order valence-electron chi connectivity index (χ4n) is 8.24. The molecule has 0 aromatic carbocycles. The Kier molecular flexibility index (Phi) is 8.69. The highest BCUT2D eigenvalue weighted by Gasteiger charge is 2.48. The lowest BCUT2D eigenvalue weighted by Crippen LogP contribution is -2.62. The summed E-state index contributed by atoms with van der Waals surface area (Å²) in [5, 5.41) is 22.3. The number of hydrogen-bond acceptors (Lipinski definition) is 12. The first-order valence-electron chi connectivity index (χ1n) is 17.0. The van der Waals surface area contributed by atoms with Crippen LogP contribution in [0.3, 0.4) is 0 Å². The number of nitrogens with two attached hydrogens (primary N) is 1. The average Bonchev–Trinajstić information content (AvgIpc) is 3.79. The van der Waals surface area contributed by atoms with Gasteiger partial charge in [-0.1, -0.05) is 12.1 Å². The minimum Gasteiger partial charge on any atom is -0.474 e. The van der Waals surface area contributed by atoms with Gasteiger partial charge in [-0.2, -0.15) is 10.2 Å². The van der Waals surface area contributed by atoms with Crippen LogP contribution in [0.5, 0.6) is 5.88 Å². The lowest BCUT2D eigenvalue weighted by molar-refractivity contribution is 0.147. The van der Waals surface area contributed by atoms with E-state index in [1.807, 2.05) is 13.1 Å². The van der Waals surface area contributed by atoms with Crippen LogP contribution in [0.25, 0.3) is 11.6 Å². The van der Waals surface area contributed by atoms with Gasteiger partial charge in [0.2, 0.25) is 17.5 Å². The standard InChI is InChI=1S/C34H46N8O3S/c1-21(7-6-13-37-3)22(2)44-27-17-26(42-15-14-38-19-33(42)12-16-43-20-33)39-32(40-27)29-23-8-4-10-34(30(23)41-45-29)11-5-9-25-28(34)24(18-35)31(36)46-25/h17,21-22,37-38H,4-16,19-20,36H2,1-3H3/t21-,22-,33?,34-/m0/s1. The summed E-state index contributed by atoms with van der Waals surface area (Å²) in [6.45, 7) is 9.26. The van der Waals surface area contributed by atoms with Crippen molar-refractivity contribution in [1.82, 2.24) is 25.8 Å². The summed E-state index contributed by atoms with van der Waals surface area (Å²) in [4.78, 5) is 13.8. The maximum atomic E-state index is 10.1. The van der Waals surface area contributed by atoms with Crippen LogP contribution in [0.2, 0.25) is 0 Å². The number of nitrogens with zero attached hydrogens (tertiary/aromatic N) is 5. The zero-order valence-corrected chi connectivity index (χ0v) is 28.1. The molecule has 2 spiro atoms. The smallest absolute Gasteiger partial charge is 0.219 e. The molecule has 4 atom stereocenters. The van der Waals surface area contributed by atoms with Crippen LogP contribution in [0.15, 0.2) is 10.6 Å². The Morgan fingerprint density at radius 2 is 2.09 bits per heavy atom. The highest BCUT2D eigenvalue weighted by molar-refractivity contribution is 7.16. The monoisotopic (exact) mass is 646 g/mol. The highest BCUT2D eigenvalue weighted by Crippen LogP contribution is 2.54. The van der Waals surface area contributed by atoms with E-state index in [0.717, 1.165) is 113 Å². The van der Waals surface area contributed by atoms with Crippen LogP contribution < -0.4 is 26.0 Å². The number of aromatic nitrogens is 3. The SMILES string of the molecule is CNCCC[C@H](C)[C@H](C)Oc1cc(N2CCNCC23CCOC3)nc(-c2onc3c2CCC[C@@]32CCCc3sc(N)c(C#N)c32)n1. The lowest BCUT2D eigenvalue weighted by atomic mass is 9.62. The third-order valence-electron chi connectivity index (χ3n) is 10.9. The van der Waals surface area contributed by atoms with Crippen molar-refractivity contribution in [1.29, 1.82) is 5.26 Å². The van der Waals surface area contributed by atoms with Crippen LogP contribution in [-0.4, -0.2) is 73.2 Å². The van der Waals surface area contributed by atoms with Crippen LogP contribution >= 0.6 is 11.3 Å². The van der Waals surface area contributed by atoms with E-state index in [1.165, 1.54) is 4.88 Å². The Morgan fingerprint density at radius 3 is 2.87 bits per heavy atom. The largest absolute Gasteiger partial charge is 0.474 e. The number of rotatable bonds is 9. The van der Waals surface area contributed by atoms with Crippen molar-refractivity contribution in [3.05, 3.63) is 33.3 Å². The molecule has 2 fully saturated rings. The predicted molar refractivity (Wildman–Crippen MR) is 178 cm³/mol. The van der Waals surface area contributed by atoms with Crippen molar-refractivity contribution in [2.45, 2.75) is 88.7 Å². The van der Waals surface area contributed by atoms with Gasteiger partial charge >= 0.3 is 0 Å². The van der Waals surface area contributed by atoms with Gasteiger partial charge in [-0.15, -0.1) is 11.3 Å². The number of ether oxygens (including phenoxy) is 2. The minimum absolute atomic E-state index is 0.0275. The summed E-state index contributed by atoms with van der Waals surface area (Å²) in [7, 11) is 1.99. The Balaban J connectivity index is 1.30. The fourth-order valence-corrected chi connectivity index (χ4v) is 9.40. The molecular formula is C34H46N8O3S. The number of nitrogens with one attached hydrogen (secondary N) is 2. The summed E-state index contributed by atoms with van der Waals surface area (Å²) in [6, 6.07) is 4.42. The molecule has 2 aliphatic carbocycles. The third kappa shape index (κ3) is 5.35. The van der Waals surface area contributed by atoms with E-state index in [1.54, 1.807) is 11.3 Å². The first-order valence-corrected chi connectivity index (χ1v) is 17.8. The summed E-state index contributed by atoms with van der Waals surface area (Å²) in [5.41, 5.74) is 9.51. The molecule has 4 aliphatic rings. The number of hydrogen-bond donors (Lipinski definition) is 3. The van der Waals surface area contributed by atoms with E-state index < -0.39 is 0 Å². The molecule has 1 unspecified atom stereocenters. The number of anilines is 2. The van der Waals surface area contributed by atoms with Crippen LogP contribution in [0.4, 0.5) is 10.8 Å². The molecule has 12 heteroatoms. The zero-order valence-electron chi connectivity index (χ0n) is 27.3. The molecule has 3 aromatic heterocycles. The number of piperazine rings is 1. The van der Waals surface area contributed by atoms with E-state index in [0.29, 0.717) is 40.6 Å². The second-order valence-electron chi connectivity index (χ2n) is 13.7. The first kappa shape index (κ1) is 31.4. The van der Waals surface area contributed by atoms with Crippen molar-refractivity contribution < 1.29 is 14.0 Å². The molecule has 3 aromatic rings. The number of aryl methyl sites for hydroxylation is 1. The molecule has 0 radical (unpaired) electrons. The number of nitriles is 1. The molecule has 246 valence electrons. The van der Waals surface area contributed by atoms with Crippen molar-refractivity contribution in [3.8, 4) is 23.5 Å². The molecule has 7 rings (SSSR count). The first-order chi connectivity index (χ1) is 22.4. The number of fused-ring (bicyclic) bond motifs is 4. The van der Waals surface area contributed by atoms with Crippen molar-refractivity contribution in [2.24, 2.45) is 5.92 Å². The molecule has 0 saturated carbocycles. The third-order valence-corrected chi connectivity index (χ3v) is 11.9. The van der Waals surface area contributed by atoms with Crippen molar-refractivity contribution in [3.63, 3.8) is 0 Å². The van der Waals surface area contributed by atoms with Gasteiger partial charge in [0.1, 0.15) is 23.0 Å². The Labute approximate surface area is 275 Å².